The lowest BCUT2D eigenvalue weighted by atomic mass is 10.2. The summed E-state index contributed by atoms with van der Waals surface area (Å²) in [7, 11) is -0.211. The molecule has 0 saturated carbocycles. The second kappa shape index (κ2) is 10.8. The Labute approximate surface area is 193 Å². The zero-order chi connectivity index (χ0) is 23.1. The molecular weight excluding hydrogens is 444 g/mol. The van der Waals surface area contributed by atoms with Gasteiger partial charge in [0, 0.05) is 31.2 Å². The number of nitrogens with zero attached hydrogens (tertiary/aromatic N) is 3. The first kappa shape index (κ1) is 24.1. The number of thiazole rings is 1. The summed E-state index contributed by atoms with van der Waals surface area (Å²) < 4.78 is 27.0. The van der Waals surface area contributed by atoms with E-state index in [2.05, 4.69) is 17.2 Å². The summed E-state index contributed by atoms with van der Waals surface area (Å²) in [5, 5.41) is 5.92. The summed E-state index contributed by atoms with van der Waals surface area (Å²) in [6, 6.07) is 15.7. The van der Waals surface area contributed by atoms with Crippen molar-refractivity contribution in [2.45, 2.75) is 31.3 Å². The van der Waals surface area contributed by atoms with E-state index in [4.69, 9.17) is 0 Å². The maximum Gasteiger partial charge on any atom is 0.243 e. The minimum atomic E-state index is -3.63. The van der Waals surface area contributed by atoms with Crippen LogP contribution in [0.1, 0.15) is 23.2 Å². The van der Waals surface area contributed by atoms with Gasteiger partial charge in [-0.25, -0.2) is 13.4 Å². The monoisotopic (exact) mass is 472 g/mol. The number of rotatable bonds is 10. The number of sulfonamides is 1. The highest BCUT2D eigenvalue weighted by Gasteiger charge is 2.21. The highest BCUT2D eigenvalue weighted by Crippen LogP contribution is 2.19. The lowest BCUT2D eigenvalue weighted by Gasteiger charge is -2.18. The average Bonchev–Trinajstić information content (AvgIpc) is 3.22. The minimum Gasteiger partial charge on any atom is -0.325 e. The van der Waals surface area contributed by atoms with Gasteiger partial charge in [-0.15, -0.1) is 11.3 Å². The van der Waals surface area contributed by atoms with Gasteiger partial charge in [-0.3, -0.25) is 9.69 Å². The largest absolute Gasteiger partial charge is 0.325 e. The van der Waals surface area contributed by atoms with Crippen LogP contribution < -0.4 is 5.32 Å². The molecule has 0 aliphatic rings. The average molecular weight is 473 g/mol. The molecule has 2 aromatic carbocycles. The number of aryl methyl sites for hydroxylation is 1. The van der Waals surface area contributed by atoms with Gasteiger partial charge in [0.15, 0.2) is 0 Å². The third-order valence-electron chi connectivity index (χ3n) is 4.84. The number of hydrogen-bond acceptors (Lipinski definition) is 6. The van der Waals surface area contributed by atoms with E-state index < -0.39 is 10.0 Å². The van der Waals surface area contributed by atoms with Crippen LogP contribution in [0.2, 0.25) is 0 Å². The van der Waals surface area contributed by atoms with Crippen molar-refractivity contribution in [3.8, 4) is 0 Å². The summed E-state index contributed by atoms with van der Waals surface area (Å²) in [5.74, 6) is -0.171. The molecule has 170 valence electrons. The zero-order valence-corrected chi connectivity index (χ0v) is 20.1. The van der Waals surface area contributed by atoms with Crippen molar-refractivity contribution in [3.63, 3.8) is 0 Å². The second-order valence-electron chi connectivity index (χ2n) is 7.58. The van der Waals surface area contributed by atoms with E-state index >= 15 is 0 Å². The molecule has 0 aliphatic heterocycles. The van der Waals surface area contributed by atoms with Gasteiger partial charge in [0.05, 0.1) is 22.1 Å². The van der Waals surface area contributed by atoms with Crippen molar-refractivity contribution >= 4 is 33.0 Å². The van der Waals surface area contributed by atoms with Gasteiger partial charge in [0.2, 0.25) is 15.9 Å². The first-order chi connectivity index (χ1) is 15.3. The van der Waals surface area contributed by atoms with Crippen LogP contribution in [0.5, 0.6) is 0 Å². The molecule has 1 heterocycles. The van der Waals surface area contributed by atoms with Crippen LogP contribution in [0.3, 0.4) is 0 Å². The van der Waals surface area contributed by atoms with Crippen molar-refractivity contribution < 1.29 is 13.2 Å². The van der Waals surface area contributed by atoms with E-state index in [9.17, 15) is 13.2 Å². The molecule has 0 atom stereocenters. The lowest BCUT2D eigenvalue weighted by molar-refractivity contribution is -0.117. The number of benzene rings is 2. The molecule has 0 fully saturated rings. The maximum atomic E-state index is 12.8. The molecule has 1 amide bonds. The first-order valence-electron chi connectivity index (χ1n) is 10.3. The normalized spacial score (nSPS) is 11.8. The van der Waals surface area contributed by atoms with Crippen molar-refractivity contribution in [1.82, 2.24) is 14.2 Å². The predicted molar refractivity (Wildman–Crippen MR) is 128 cm³/mol. The minimum absolute atomic E-state index is 0.171. The van der Waals surface area contributed by atoms with Gasteiger partial charge in [0.1, 0.15) is 0 Å². The molecule has 3 aromatic rings. The van der Waals surface area contributed by atoms with E-state index in [0.29, 0.717) is 12.2 Å². The number of carbonyl (C=O) groups excluding carboxylic acids is 1. The van der Waals surface area contributed by atoms with Crippen LogP contribution in [0, 0.1) is 0 Å². The lowest BCUT2D eigenvalue weighted by Crippen LogP contribution is -2.30. The number of carbonyl (C=O) groups is 1. The van der Waals surface area contributed by atoms with Crippen molar-refractivity contribution in [1.29, 1.82) is 0 Å². The molecular formula is C23H28N4O3S2. The quantitative estimate of drug-likeness (QED) is 0.488. The van der Waals surface area contributed by atoms with Crippen LogP contribution in [0.25, 0.3) is 0 Å². The Kier molecular flexibility index (Phi) is 8.14. The number of aromatic nitrogens is 1. The fraction of sp³-hybridized carbons (Fsp3) is 0.304. The number of amides is 1. The summed E-state index contributed by atoms with van der Waals surface area (Å²) >= 11 is 1.63. The van der Waals surface area contributed by atoms with Gasteiger partial charge in [-0.1, -0.05) is 37.3 Å². The smallest absolute Gasteiger partial charge is 0.243 e. The molecule has 1 aromatic heterocycles. The summed E-state index contributed by atoms with van der Waals surface area (Å²) in [6.45, 7) is 3.15. The fourth-order valence-electron chi connectivity index (χ4n) is 3.18. The Morgan fingerprint density at radius 3 is 2.34 bits per heavy atom. The van der Waals surface area contributed by atoms with Gasteiger partial charge in [0.25, 0.3) is 0 Å². The molecule has 0 aliphatic carbocycles. The molecule has 0 saturated heterocycles. The van der Waals surface area contributed by atoms with E-state index in [-0.39, 0.29) is 23.9 Å². The molecule has 0 radical (unpaired) electrons. The molecule has 3 rings (SSSR count). The second-order valence-corrected chi connectivity index (χ2v) is 10.6. The SMILES string of the molecule is CCc1nc(CN(C)CC(=O)Nc2ccc(S(=O)(=O)N(C)Cc3ccccc3)cc2)cs1. The van der Waals surface area contributed by atoms with Gasteiger partial charge in [-0.2, -0.15) is 4.31 Å². The van der Waals surface area contributed by atoms with E-state index in [1.165, 1.54) is 16.4 Å². The molecule has 1 N–H and O–H groups in total. The zero-order valence-electron chi connectivity index (χ0n) is 18.5. The molecule has 0 unspecified atom stereocenters. The van der Waals surface area contributed by atoms with E-state index in [1.54, 1.807) is 30.5 Å². The first-order valence-corrected chi connectivity index (χ1v) is 12.6. The number of anilines is 1. The standard InChI is InChI=1S/C23H28N4O3S2/c1-4-23-25-20(17-31-23)15-26(2)16-22(28)24-19-10-12-21(13-11-19)32(29,30)27(3)14-18-8-6-5-7-9-18/h5-13,17H,4,14-16H2,1-3H3,(H,24,28). The Hall–Kier alpha value is -2.59. The Bertz CT molecular complexity index is 1130. The molecule has 9 heteroatoms. The van der Waals surface area contributed by atoms with Gasteiger partial charge >= 0.3 is 0 Å². The number of hydrogen-bond donors (Lipinski definition) is 1. The van der Waals surface area contributed by atoms with Crippen LogP contribution in [-0.2, 0) is 34.3 Å². The Balaban J connectivity index is 1.55. The number of likely N-dealkylation sites (N-methyl/N-ethyl adjacent to an activating group) is 1. The molecule has 7 nitrogen and oxygen atoms in total. The van der Waals surface area contributed by atoms with Crippen molar-refractivity contribution in [2.24, 2.45) is 0 Å². The van der Waals surface area contributed by atoms with Crippen molar-refractivity contribution in [3.05, 3.63) is 76.2 Å². The van der Waals surface area contributed by atoms with E-state index in [1.807, 2.05) is 47.7 Å². The molecule has 32 heavy (non-hydrogen) atoms. The molecule has 0 spiro atoms. The summed E-state index contributed by atoms with van der Waals surface area (Å²) in [4.78, 5) is 19.0. The fourth-order valence-corrected chi connectivity index (χ4v) is 5.07. The predicted octanol–water partition coefficient (Wildman–Crippen LogP) is 3.60. The summed E-state index contributed by atoms with van der Waals surface area (Å²) in [5.41, 5.74) is 2.42. The Morgan fingerprint density at radius 1 is 1.03 bits per heavy atom. The summed E-state index contributed by atoms with van der Waals surface area (Å²) in [6.07, 6.45) is 0.905. The topological polar surface area (TPSA) is 82.6 Å². The van der Waals surface area contributed by atoms with Gasteiger partial charge in [-0.05, 0) is 43.3 Å². The van der Waals surface area contributed by atoms with Crippen molar-refractivity contribution in [2.75, 3.05) is 26.0 Å². The number of nitrogens with one attached hydrogen (secondary N) is 1. The van der Waals surface area contributed by atoms with Crippen LogP contribution in [0.4, 0.5) is 5.69 Å². The van der Waals surface area contributed by atoms with Crippen LogP contribution >= 0.6 is 11.3 Å². The highest BCUT2D eigenvalue weighted by molar-refractivity contribution is 7.89. The van der Waals surface area contributed by atoms with Crippen LogP contribution in [-0.4, -0.2) is 49.2 Å². The third-order valence-corrected chi connectivity index (χ3v) is 7.70. The Morgan fingerprint density at radius 2 is 1.72 bits per heavy atom. The molecule has 0 bridgehead atoms. The highest BCUT2D eigenvalue weighted by atomic mass is 32.2. The van der Waals surface area contributed by atoms with Gasteiger partial charge < -0.3 is 5.32 Å². The van der Waals surface area contributed by atoms with E-state index in [0.717, 1.165) is 22.7 Å². The third kappa shape index (κ3) is 6.46. The van der Waals surface area contributed by atoms with Crippen LogP contribution in [0.15, 0.2) is 64.9 Å². The maximum absolute atomic E-state index is 12.8.